The molecule has 6 heteroatoms. The van der Waals surface area contributed by atoms with E-state index in [2.05, 4.69) is 21.2 Å². The number of nitrogens with zero attached hydrogens (tertiary/aromatic N) is 1. The van der Waals surface area contributed by atoms with E-state index in [-0.39, 0.29) is 10.4 Å². The number of benzene rings is 1. The van der Waals surface area contributed by atoms with Crippen molar-refractivity contribution in [2.45, 2.75) is 13.0 Å². The Morgan fingerprint density at radius 2 is 2.00 bits per heavy atom. The predicted octanol–water partition coefficient (Wildman–Crippen LogP) is 1.79. The average molecular weight is 317 g/mol. The quantitative estimate of drug-likeness (QED) is 0.924. The van der Waals surface area contributed by atoms with Crippen molar-refractivity contribution in [2.75, 3.05) is 14.1 Å². The molecule has 0 unspecified atom stereocenters. The summed E-state index contributed by atoms with van der Waals surface area (Å²) < 4.78 is 13.2. The fraction of sp³-hybridized carbons (Fsp3) is 0.333. The van der Waals surface area contributed by atoms with Crippen LogP contribution in [-0.4, -0.2) is 36.9 Å². The normalized spacial score (nSPS) is 11.8. The summed E-state index contributed by atoms with van der Waals surface area (Å²) in [4.78, 5) is 24.8. The molecular weight excluding hydrogens is 303 g/mol. The van der Waals surface area contributed by atoms with Crippen molar-refractivity contribution < 1.29 is 14.0 Å². The van der Waals surface area contributed by atoms with Gasteiger partial charge in [0.2, 0.25) is 5.91 Å². The van der Waals surface area contributed by atoms with E-state index in [9.17, 15) is 14.0 Å². The summed E-state index contributed by atoms with van der Waals surface area (Å²) in [6.07, 6.45) is 0. The summed E-state index contributed by atoms with van der Waals surface area (Å²) in [6, 6.07) is 3.30. The second-order valence-corrected chi connectivity index (χ2v) is 4.91. The molecular formula is C12H14BrFN2O2. The van der Waals surface area contributed by atoms with Gasteiger partial charge in [-0.3, -0.25) is 9.59 Å². The molecule has 1 aromatic rings. The topological polar surface area (TPSA) is 49.4 Å². The number of halogens is 2. The minimum atomic E-state index is -0.628. The van der Waals surface area contributed by atoms with Crippen LogP contribution >= 0.6 is 15.9 Å². The minimum absolute atomic E-state index is 0.204. The highest BCUT2D eigenvalue weighted by molar-refractivity contribution is 9.10. The standard InChI is InChI=1S/C12H14BrFN2O2/c1-7(12(18)16(2)3)15-11(17)8-4-5-10(14)9(13)6-8/h4-7H,1-3H3,(H,15,17)/t7-/m1/s1. The van der Waals surface area contributed by atoms with Crippen molar-refractivity contribution in [3.8, 4) is 0 Å². The number of hydrogen-bond donors (Lipinski definition) is 1. The predicted molar refractivity (Wildman–Crippen MR) is 69.7 cm³/mol. The van der Waals surface area contributed by atoms with Gasteiger partial charge < -0.3 is 10.2 Å². The molecule has 2 amide bonds. The van der Waals surface area contributed by atoms with Gasteiger partial charge in [-0.2, -0.15) is 0 Å². The summed E-state index contributed by atoms with van der Waals surface area (Å²) in [6.45, 7) is 1.60. The first-order valence-corrected chi connectivity index (χ1v) is 6.09. The zero-order chi connectivity index (χ0) is 13.9. The third kappa shape index (κ3) is 3.53. The van der Waals surface area contributed by atoms with Gasteiger partial charge in [-0.15, -0.1) is 0 Å². The van der Waals surface area contributed by atoms with Crippen molar-refractivity contribution in [3.05, 3.63) is 34.1 Å². The van der Waals surface area contributed by atoms with Crippen LogP contribution in [0.4, 0.5) is 4.39 Å². The lowest BCUT2D eigenvalue weighted by Gasteiger charge is -2.18. The van der Waals surface area contributed by atoms with E-state index in [1.165, 1.54) is 23.1 Å². The van der Waals surface area contributed by atoms with Crippen molar-refractivity contribution in [1.82, 2.24) is 10.2 Å². The van der Waals surface area contributed by atoms with Gasteiger partial charge in [0, 0.05) is 19.7 Å². The number of rotatable bonds is 3. The average Bonchev–Trinajstić information content (AvgIpc) is 2.31. The second-order valence-electron chi connectivity index (χ2n) is 4.06. The van der Waals surface area contributed by atoms with Crippen LogP contribution in [0.3, 0.4) is 0 Å². The zero-order valence-electron chi connectivity index (χ0n) is 10.3. The number of hydrogen-bond acceptors (Lipinski definition) is 2. The Morgan fingerprint density at radius 3 is 2.50 bits per heavy atom. The SMILES string of the molecule is C[C@@H](NC(=O)c1ccc(F)c(Br)c1)C(=O)N(C)C. The maximum Gasteiger partial charge on any atom is 0.251 e. The number of nitrogens with one attached hydrogen (secondary N) is 1. The van der Waals surface area contributed by atoms with E-state index < -0.39 is 17.8 Å². The number of carbonyl (C=O) groups excluding carboxylic acids is 2. The highest BCUT2D eigenvalue weighted by Crippen LogP contribution is 2.16. The Kier molecular flexibility index (Phi) is 4.84. The maximum atomic E-state index is 13.0. The van der Waals surface area contributed by atoms with Crippen LogP contribution in [0.5, 0.6) is 0 Å². The smallest absolute Gasteiger partial charge is 0.251 e. The van der Waals surface area contributed by atoms with E-state index >= 15 is 0 Å². The van der Waals surface area contributed by atoms with Crippen LogP contribution in [0.15, 0.2) is 22.7 Å². The van der Waals surface area contributed by atoms with Gasteiger partial charge in [0.1, 0.15) is 11.9 Å². The molecule has 0 radical (unpaired) electrons. The molecule has 0 aliphatic heterocycles. The fourth-order valence-corrected chi connectivity index (χ4v) is 1.75. The van der Waals surface area contributed by atoms with E-state index in [1.54, 1.807) is 21.0 Å². The van der Waals surface area contributed by atoms with Crippen LogP contribution in [0.2, 0.25) is 0 Å². The Bertz CT molecular complexity index is 477. The van der Waals surface area contributed by atoms with Gasteiger partial charge in [-0.25, -0.2) is 4.39 Å². The molecule has 4 nitrogen and oxygen atoms in total. The van der Waals surface area contributed by atoms with Gasteiger partial charge in [-0.1, -0.05) is 0 Å². The molecule has 1 atom stereocenters. The number of carbonyl (C=O) groups is 2. The second kappa shape index (κ2) is 5.95. The van der Waals surface area contributed by atoms with E-state index in [4.69, 9.17) is 0 Å². The Labute approximate surface area is 113 Å². The first kappa shape index (κ1) is 14.6. The molecule has 0 aliphatic carbocycles. The number of likely N-dealkylation sites (N-methyl/N-ethyl adjacent to an activating group) is 1. The van der Waals surface area contributed by atoms with Crippen molar-refractivity contribution >= 4 is 27.7 Å². The Balaban J connectivity index is 2.76. The Hall–Kier alpha value is -1.43. The highest BCUT2D eigenvalue weighted by Gasteiger charge is 2.18. The van der Waals surface area contributed by atoms with Crippen LogP contribution < -0.4 is 5.32 Å². The first-order valence-electron chi connectivity index (χ1n) is 5.30. The van der Waals surface area contributed by atoms with Gasteiger partial charge in [0.15, 0.2) is 0 Å². The molecule has 0 heterocycles. The molecule has 0 bridgehead atoms. The Morgan fingerprint density at radius 1 is 1.39 bits per heavy atom. The van der Waals surface area contributed by atoms with Crippen LogP contribution in [0.25, 0.3) is 0 Å². The molecule has 1 rings (SSSR count). The monoisotopic (exact) mass is 316 g/mol. The zero-order valence-corrected chi connectivity index (χ0v) is 11.9. The van der Waals surface area contributed by atoms with Gasteiger partial charge in [-0.05, 0) is 41.1 Å². The summed E-state index contributed by atoms with van der Waals surface area (Å²) in [7, 11) is 3.22. The summed E-state index contributed by atoms with van der Waals surface area (Å²) in [5.74, 6) is -1.06. The van der Waals surface area contributed by atoms with Gasteiger partial charge in [0.25, 0.3) is 5.91 Å². The molecule has 0 saturated heterocycles. The minimum Gasteiger partial charge on any atom is -0.347 e. The van der Waals surface area contributed by atoms with Gasteiger partial charge >= 0.3 is 0 Å². The van der Waals surface area contributed by atoms with Crippen LogP contribution in [-0.2, 0) is 4.79 Å². The summed E-state index contributed by atoms with van der Waals surface area (Å²) in [5.41, 5.74) is 0.293. The van der Waals surface area contributed by atoms with E-state index in [1.807, 2.05) is 0 Å². The van der Waals surface area contributed by atoms with E-state index in [0.717, 1.165) is 0 Å². The molecule has 0 spiro atoms. The van der Waals surface area contributed by atoms with Crippen molar-refractivity contribution in [2.24, 2.45) is 0 Å². The lowest BCUT2D eigenvalue weighted by Crippen LogP contribution is -2.44. The van der Waals surface area contributed by atoms with Crippen LogP contribution in [0.1, 0.15) is 17.3 Å². The largest absolute Gasteiger partial charge is 0.347 e. The summed E-state index contributed by atoms with van der Waals surface area (Å²) in [5, 5.41) is 2.55. The molecule has 0 aromatic heterocycles. The number of amides is 2. The summed E-state index contributed by atoms with van der Waals surface area (Å²) >= 11 is 3.00. The lowest BCUT2D eigenvalue weighted by atomic mass is 10.2. The van der Waals surface area contributed by atoms with Crippen molar-refractivity contribution in [3.63, 3.8) is 0 Å². The molecule has 0 fully saturated rings. The lowest BCUT2D eigenvalue weighted by molar-refractivity contribution is -0.130. The molecule has 98 valence electrons. The molecule has 0 saturated carbocycles. The molecule has 1 aromatic carbocycles. The molecule has 1 N–H and O–H groups in total. The maximum absolute atomic E-state index is 13.0. The molecule has 0 aliphatic rings. The highest BCUT2D eigenvalue weighted by atomic mass is 79.9. The van der Waals surface area contributed by atoms with Gasteiger partial charge in [0.05, 0.1) is 4.47 Å². The van der Waals surface area contributed by atoms with Crippen molar-refractivity contribution in [1.29, 1.82) is 0 Å². The molecule has 18 heavy (non-hydrogen) atoms. The third-order valence-corrected chi connectivity index (χ3v) is 2.95. The van der Waals surface area contributed by atoms with E-state index in [0.29, 0.717) is 5.56 Å². The first-order chi connectivity index (χ1) is 8.32. The fourth-order valence-electron chi connectivity index (χ4n) is 1.37. The third-order valence-electron chi connectivity index (χ3n) is 2.34. The van der Waals surface area contributed by atoms with Crippen LogP contribution in [0, 0.1) is 5.82 Å².